The molecule has 1 rings (SSSR count). The van der Waals surface area contributed by atoms with Crippen LogP contribution >= 0.6 is 15.9 Å². The molecule has 0 heterocycles. The Balaban J connectivity index is 2.27. The van der Waals surface area contributed by atoms with Crippen LogP contribution in [0.15, 0.2) is 28.7 Å². The zero-order chi connectivity index (χ0) is 13.4. The third-order valence-corrected chi connectivity index (χ3v) is 3.36. The molecule has 0 aliphatic carbocycles. The van der Waals surface area contributed by atoms with Crippen LogP contribution in [0, 0.1) is 0 Å². The van der Waals surface area contributed by atoms with Crippen LogP contribution in [-0.2, 0) is 11.3 Å². The minimum absolute atomic E-state index is 0.223. The number of hydrogen-bond donors (Lipinski definition) is 1. The van der Waals surface area contributed by atoms with Gasteiger partial charge in [0.15, 0.2) is 0 Å². The highest BCUT2D eigenvalue weighted by Gasteiger charge is 2.07. The van der Waals surface area contributed by atoms with E-state index in [0.717, 1.165) is 37.0 Å². The molecule has 0 saturated carbocycles. The average Bonchev–Trinajstić information content (AvgIpc) is 2.32. The summed E-state index contributed by atoms with van der Waals surface area (Å²) in [6.45, 7) is 2.65. The van der Waals surface area contributed by atoms with Crippen LogP contribution in [-0.4, -0.2) is 38.3 Å². The van der Waals surface area contributed by atoms with Crippen LogP contribution in [0.4, 0.5) is 0 Å². The van der Waals surface area contributed by atoms with Gasteiger partial charge < -0.3 is 15.4 Å². The van der Waals surface area contributed by atoms with Gasteiger partial charge >= 0.3 is 0 Å². The second-order valence-corrected chi connectivity index (χ2v) is 5.63. The fraction of sp³-hybridized carbons (Fsp3) is 0.571. The van der Waals surface area contributed by atoms with Crippen LogP contribution in [0.1, 0.15) is 18.4 Å². The van der Waals surface area contributed by atoms with Crippen LogP contribution in [0.3, 0.4) is 0 Å². The molecule has 0 radical (unpaired) electrons. The summed E-state index contributed by atoms with van der Waals surface area (Å²) < 4.78 is 6.15. The van der Waals surface area contributed by atoms with Gasteiger partial charge in [0.1, 0.15) is 0 Å². The Morgan fingerprint density at radius 1 is 1.33 bits per heavy atom. The Morgan fingerprint density at radius 2 is 2.00 bits per heavy atom. The minimum atomic E-state index is 0.223. The first kappa shape index (κ1) is 15.6. The first-order valence-corrected chi connectivity index (χ1v) is 7.08. The first-order valence-electron chi connectivity index (χ1n) is 6.29. The number of nitrogens with zero attached hydrogens (tertiary/aromatic N) is 1. The molecule has 0 saturated heterocycles. The molecule has 0 spiro atoms. The number of ether oxygens (including phenoxy) is 1. The van der Waals surface area contributed by atoms with E-state index in [-0.39, 0.29) is 6.04 Å². The summed E-state index contributed by atoms with van der Waals surface area (Å²) in [5, 5.41) is 0. The molecule has 0 aliphatic heterocycles. The van der Waals surface area contributed by atoms with Crippen molar-refractivity contribution < 1.29 is 4.74 Å². The Bertz CT molecular complexity index is 329. The highest BCUT2D eigenvalue weighted by atomic mass is 79.9. The van der Waals surface area contributed by atoms with Crippen molar-refractivity contribution in [3.8, 4) is 0 Å². The third-order valence-electron chi connectivity index (χ3n) is 2.84. The van der Waals surface area contributed by atoms with Gasteiger partial charge in [0, 0.05) is 37.3 Å². The zero-order valence-electron chi connectivity index (χ0n) is 11.2. The zero-order valence-corrected chi connectivity index (χ0v) is 12.8. The van der Waals surface area contributed by atoms with E-state index in [1.165, 1.54) is 5.56 Å². The van der Waals surface area contributed by atoms with E-state index in [4.69, 9.17) is 10.5 Å². The van der Waals surface area contributed by atoms with Crippen LogP contribution in [0.25, 0.3) is 0 Å². The Kier molecular flexibility index (Phi) is 7.51. The monoisotopic (exact) mass is 314 g/mol. The SMILES string of the molecule is COCCCC(N)CN(C)Cc1ccc(Br)cc1. The van der Waals surface area contributed by atoms with E-state index in [1.807, 2.05) is 0 Å². The van der Waals surface area contributed by atoms with Crippen molar-refractivity contribution in [2.45, 2.75) is 25.4 Å². The molecule has 0 bridgehead atoms. The highest BCUT2D eigenvalue weighted by Crippen LogP contribution is 2.12. The van der Waals surface area contributed by atoms with Crippen LogP contribution < -0.4 is 5.73 Å². The van der Waals surface area contributed by atoms with E-state index in [2.05, 4.69) is 52.1 Å². The van der Waals surface area contributed by atoms with Gasteiger partial charge in [0.2, 0.25) is 0 Å². The van der Waals surface area contributed by atoms with Crippen molar-refractivity contribution in [3.05, 3.63) is 34.3 Å². The average molecular weight is 315 g/mol. The summed E-state index contributed by atoms with van der Waals surface area (Å²) in [5.74, 6) is 0. The number of rotatable bonds is 8. The van der Waals surface area contributed by atoms with Gasteiger partial charge in [-0.15, -0.1) is 0 Å². The molecule has 0 amide bonds. The van der Waals surface area contributed by atoms with Crippen LogP contribution in [0.2, 0.25) is 0 Å². The fourth-order valence-corrected chi connectivity index (χ4v) is 2.21. The summed E-state index contributed by atoms with van der Waals surface area (Å²) >= 11 is 3.44. The van der Waals surface area contributed by atoms with Crippen molar-refractivity contribution in [3.63, 3.8) is 0 Å². The lowest BCUT2D eigenvalue weighted by molar-refractivity contribution is 0.187. The lowest BCUT2D eigenvalue weighted by atomic mass is 10.1. The molecule has 18 heavy (non-hydrogen) atoms. The standard InChI is InChI=1S/C14H23BrN2O/c1-17(11-14(16)4-3-9-18-2)10-12-5-7-13(15)8-6-12/h5-8,14H,3-4,9-11,16H2,1-2H3. The fourth-order valence-electron chi connectivity index (χ4n) is 1.95. The van der Waals surface area contributed by atoms with Gasteiger partial charge in [-0.2, -0.15) is 0 Å². The van der Waals surface area contributed by atoms with E-state index >= 15 is 0 Å². The Labute approximate surface area is 118 Å². The summed E-state index contributed by atoms with van der Waals surface area (Å²) in [6.07, 6.45) is 2.04. The predicted octanol–water partition coefficient (Wildman–Crippen LogP) is 2.63. The molecule has 102 valence electrons. The molecular weight excluding hydrogens is 292 g/mol. The quantitative estimate of drug-likeness (QED) is 0.750. The molecule has 0 fully saturated rings. The molecule has 4 heteroatoms. The number of methoxy groups -OCH3 is 1. The number of nitrogens with two attached hydrogens (primary N) is 1. The first-order chi connectivity index (χ1) is 8.61. The molecule has 1 unspecified atom stereocenters. The largest absolute Gasteiger partial charge is 0.385 e. The number of likely N-dealkylation sites (N-methyl/N-ethyl adjacent to an activating group) is 1. The van der Waals surface area contributed by atoms with Crippen molar-refractivity contribution >= 4 is 15.9 Å². The van der Waals surface area contributed by atoms with Crippen LogP contribution in [0.5, 0.6) is 0 Å². The van der Waals surface area contributed by atoms with Gasteiger partial charge in [0.05, 0.1) is 0 Å². The molecule has 1 atom stereocenters. The van der Waals surface area contributed by atoms with Crippen molar-refractivity contribution in [1.29, 1.82) is 0 Å². The van der Waals surface area contributed by atoms with E-state index in [9.17, 15) is 0 Å². The lowest BCUT2D eigenvalue weighted by Gasteiger charge is -2.21. The van der Waals surface area contributed by atoms with Gasteiger partial charge in [-0.3, -0.25) is 0 Å². The molecule has 0 aliphatic rings. The number of halogens is 1. The maximum Gasteiger partial charge on any atom is 0.0462 e. The smallest absolute Gasteiger partial charge is 0.0462 e. The lowest BCUT2D eigenvalue weighted by Crippen LogP contribution is -2.35. The molecule has 1 aromatic carbocycles. The van der Waals surface area contributed by atoms with Crippen molar-refractivity contribution in [2.24, 2.45) is 5.73 Å². The third kappa shape index (κ3) is 6.50. The molecular formula is C14H23BrN2O. The maximum atomic E-state index is 6.09. The van der Waals surface area contributed by atoms with Gasteiger partial charge in [-0.25, -0.2) is 0 Å². The second kappa shape index (κ2) is 8.64. The van der Waals surface area contributed by atoms with E-state index in [0.29, 0.717) is 0 Å². The van der Waals surface area contributed by atoms with Gasteiger partial charge in [-0.05, 0) is 37.6 Å². The minimum Gasteiger partial charge on any atom is -0.385 e. The Morgan fingerprint density at radius 3 is 2.61 bits per heavy atom. The molecule has 1 aromatic rings. The maximum absolute atomic E-state index is 6.09. The predicted molar refractivity (Wildman–Crippen MR) is 79.6 cm³/mol. The Hall–Kier alpha value is -0.420. The topological polar surface area (TPSA) is 38.5 Å². The van der Waals surface area contributed by atoms with E-state index < -0.39 is 0 Å². The summed E-state index contributed by atoms with van der Waals surface area (Å²) in [6, 6.07) is 8.64. The number of hydrogen-bond acceptors (Lipinski definition) is 3. The normalized spacial score (nSPS) is 12.9. The molecule has 3 nitrogen and oxygen atoms in total. The molecule has 0 aromatic heterocycles. The van der Waals surface area contributed by atoms with Gasteiger partial charge in [-0.1, -0.05) is 28.1 Å². The second-order valence-electron chi connectivity index (χ2n) is 4.72. The number of benzene rings is 1. The van der Waals surface area contributed by atoms with Crippen molar-refractivity contribution in [1.82, 2.24) is 4.90 Å². The summed E-state index contributed by atoms with van der Waals surface area (Å²) in [5.41, 5.74) is 7.40. The summed E-state index contributed by atoms with van der Waals surface area (Å²) in [7, 11) is 3.84. The summed E-state index contributed by atoms with van der Waals surface area (Å²) in [4.78, 5) is 2.26. The highest BCUT2D eigenvalue weighted by molar-refractivity contribution is 9.10. The molecule has 2 N–H and O–H groups in total. The van der Waals surface area contributed by atoms with Gasteiger partial charge in [0.25, 0.3) is 0 Å². The van der Waals surface area contributed by atoms with E-state index in [1.54, 1.807) is 7.11 Å². The van der Waals surface area contributed by atoms with Crippen molar-refractivity contribution in [2.75, 3.05) is 27.3 Å².